The minimum atomic E-state index is -6.99. The Morgan fingerprint density at radius 1 is 0.480 bits per heavy atom. The molecule has 0 fully saturated rings. The van der Waals surface area contributed by atoms with Crippen molar-refractivity contribution >= 4 is 0 Å². The van der Waals surface area contributed by atoms with Gasteiger partial charge in [-0.05, 0) is 0 Å². The molecule has 0 aromatic carbocycles. The van der Waals surface area contributed by atoms with E-state index in [-0.39, 0.29) is 0 Å². The van der Waals surface area contributed by atoms with Crippen LogP contribution >= 0.6 is 0 Å². The van der Waals surface area contributed by atoms with E-state index in [0.29, 0.717) is 0 Å². The molecule has 0 saturated heterocycles. The molecular weight excluding hydrogens is 406 g/mol. The molecule has 0 unspecified atom stereocenters. The molecule has 0 radical (unpaired) electrons. The second kappa shape index (κ2) is 5.33. The fraction of sp³-hybridized carbons (Fsp3) is 0.750. The number of hydrogen-bond donors (Lipinski definition) is 0. The quantitative estimate of drug-likeness (QED) is 0.684. The SMILES string of the molecule is FC(F)(F)C(F)(F)C(F)(F)c1nnc(C(F)(F)C(F)(F)C(F)(F)F)o1. The fourth-order valence-electron chi connectivity index (χ4n) is 1.10. The van der Waals surface area contributed by atoms with E-state index in [1.54, 1.807) is 10.2 Å². The normalized spacial score (nSPS) is 15.6. The number of hydrogen-bond acceptors (Lipinski definition) is 3. The molecule has 0 aliphatic rings. The number of aromatic nitrogens is 2. The molecule has 146 valence electrons. The predicted octanol–water partition coefficient (Wildman–Crippen LogP) is 4.65. The zero-order chi connectivity index (χ0) is 20.3. The lowest BCUT2D eigenvalue weighted by Crippen LogP contribution is -2.50. The van der Waals surface area contributed by atoms with E-state index in [1.165, 1.54) is 0 Å². The topological polar surface area (TPSA) is 38.9 Å². The Labute approximate surface area is 125 Å². The summed E-state index contributed by atoms with van der Waals surface area (Å²) >= 11 is 0. The first-order valence-electron chi connectivity index (χ1n) is 5.20. The maximum absolute atomic E-state index is 13.0. The van der Waals surface area contributed by atoms with E-state index >= 15 is 0 Å². The molecule has 0 aliphatic carbocycles. The van der Waals surface area contributed by atoms with Crippen LogP contribution in [0.1, 0.15) is 11.8 Å². The van der Waals surface area contributed by atoms with Gasteiger partial charge in [0, 0.05) is 0 Å². The van der Waals surface area contributed by atoms with E-state index in [2.05, 4.69) is 4.42 Å². The Bertz CT molecular complexity index is 573. The summed E-state index contributed by atoms with van der Waals surface area (Å²) in [4.78, 5) is 0. The largest absolute Gasteiger partial charge is 0.460 e. The van der Waals surface area contributed by atoms with Gasteiger partial charge in [-0.15, -0.1) is 10.2 Å². The third kappa shape index (κ3) is 2.96. The van der Waals surface area contributed by atoms with Crippen LogP contribution in [0.15, 0.2) is 4.42 Å². The Balaban J connectivity index is 3.41. The molecule has 17 heteroatoms. The Kier molecular flexibility index (Phi) is 4.52. The fourth-order valence-corrected chi connectivity index (χ4v) is 1.10. The first-order chi connectivity index (χ1) is 10.7. The Hall–Kier alpha value is -1.84. The second-order valence-electron chi connectivity index (χ2n) is 4.21. The number of halogens is 14. The van der Waals surface area contributed by atoms with Gasteiger partial charge < -0.3 is 4.42 Å². The van der Waals surface area contributed by atoms with Crippen molar-refractivity contribution in [3.05, 3.63) is 11.8 Å². The summed E-state index contributed by atoms with van der Waals surface area (Å²) in [6.07, 6.45) is -14.0. The van der Waals surface area contributed by atoms with Gasteiger partial charge in [-0.3, -0.25) is 0 Å². The van der Waals surface area contributed by atoms with Gasteiger partial charge in [0.25, 0.3) is 11.8 Å². The maximum atomic E-state index is 13.0. The second-order valence-corrected chi connectivity index (χ2v) is 4.21. The molecule has 0 bridgehead atoms. The van der Waals surface area contributed by atoms with Gasteiger partial charge in [0.05, 0.1) is 0 Å². The van der Waals surface area contributed by atoms with Crippen LogP contribution in [0.5, 0.6) is 0 Å². The summed E-state index contributed by atoms with van der Waals surface area (Å²) < 4.78 is 177. The number of alkyl halides is 14. The zero-order valence-electron chi connectivity index (χ0n) is 10.6. The molecule has 1 aromatic rings. The molecular formula is C8F14N2O. The third-order valence-electron chi connectivity index (χ3n) is 2.46. The van der Waals surface area contributed by atoms with Crippen molar-refractivity contribution < 1.29 is 65.9 Å². The summed E-state index contributed by atoms with van der Waals surface area (Å²) in [5.41, 5.74) is 0. The molecule has 0 spiro atoms. The van der Waals surface area contributed by atoms with E-state index in [9.17, 15) is 61.5 Å². The van der Waals surface area contributed by atoms with Crippen LogP contribution in [-0.4, -0.2) is 34.4 Å². The molecule has 0 N–H and O–H groups in total. The van der Waals surface area contributed by atoms with Crippen LogP contribution in [0.4, 0.5) is 61.5 Å². The average Bonchev–Trinajstić information content (AvgIpc) is 2.85. The monoisotopic (exact) mass is 406 g/mol. The molecule has 0 amide bonds. The van der Waals surface area contributed by atoms with Crippen LogP contribution in [0.25, 0.3) is 0 Å². The average molecular weight is 406 g/mol. The van der Waals surface area contributed by atoms with Crippen molar-refractivity contribution in [2.75, 3.05) is 0 Å². The summed E-state index contributed by atoms with van der Waals surface area (Å²) in [7, 11) is 0. The van der Waals surface area contributed by atoms with Gasteiger partial charge in [-0.1, -0.05) is 0 Å². The summed E-state index contributed by atoms with van der Waals surface area (Å²) in [5, 5.41) is 3.20. The molecule has 1 rings (SSSR count). The first-order valence-corrected chi connectivity index (χ1v) is 5.20. The third-order valence-corrected chi connectivity index (χ3v) is 2.46. The van der Waals surface area contributed by atoms with Crippen molar-refractivity contribution in [3.8, 4) is 0 Å². The van der Waals surface area contributed by atoms with Crippen molar-refractivity contribution in [3.63, 3.8) is 0 Å². The standard InChI is InChI=1S/C8F14N2O/c9-3(10,5(13,14)7(17,18)19)1-23-24-2(25-1)4(11,12)6(15,16)8(20,21)22. The van der Waals surface area contributed by atoms with Crippen molar-refractivity contribution in [1.29, 1.82) is 0 Å². The van der Waals surface area contributed by atoms with Crippen molar-refractivity contribution in [2.45, 2.75) is 36.0 Å². The Morgan fingerprint density at radius 2 is 0.720 bits per heavy atom. The van der Waals surface area contributed by atoms with E-state index in [0.717, 1.165) is 0 Å². The van der Waals surface area contributed by atoms with Gasteiger partial charge in [0.15, 0.2) is 0 Å². The Morgan fingerprint density at radius 3 is 0.920 bits per heavy atom. The molecule has 0 atom stereocenters. The van der Waals surface area contributed by atoms with Gasteiger partial charge in [0.2, 0.25) is 0 Å². The summed E-state index contributed by atoms with van der Waals surface area (Å²) in [5.74, 6) is -33.6. The van der Waals surface area contributed by atoms with Crippen LogP contribution < -0.4 is 0 Å². The van der Waals surface area contributed by atoms with Crippen LogP contribution in [-0.2, 0) is 11.8 Å². The van der Waals surface area contributed by atoms with Crippen LogP contribution in [0, 0.1) is 0 Å². The van der Waals surface area contributed by atoms with Gasteiger partial charge in [-0.25, -0.2) is 0 Å². The van der Waals surface area contributed by atoms with Gasteiger partial charge in [-0.2, -0.15) is 61.5 Å². The molecule has 25 heavy (non-hydrogen) atoms. The highest BCUT2D eigenvalue weighted by atomic mass is 19.4. The first kappa shape index (κ1) is 21.2. The lowest BCUT2D eigenvalue weighted by atomic mass is 10.1. The van der Waals surface area contributed by atoms with Crippen molar-refractivity contribution in [1.82, 2.24) is 10.2 Å². The maximum Gasteiger partial charge on any atom is 0.460 e. The highest BCUT2D eigenvalue weighted by molar-refractivity contribution is 5.07. The highest BCUT2D eigenvalue weighted by Gasteiger charge is 2.78. The molecule has 1 aromatic heterocycles. The zero-order valence-corrected chi connectivity index (χ0v) is 10.6. The molecule has 3 nitrogen and oxygen atoms in total. The molecule has 0 aliphatic heterocycles. The lowest BCUT2D eigenvalue weighted by Gasteiger charge is -2.26. The van der Waals surface area contributed by atoms with Crippen molar-refractivity contribution in [2.24, 2.45) is 0 Å². The van der Waals surface area contributed by atoms with E-state index < -0.39 is 47.8 Å². The van der Waals surface area contributed by atoms with Crippen LogP contribution in [0.3, 0.4) is 0 Å². The van der Waals surface area contributed by atoms with E-state index in [1.807, 2.05) is 0 Å². The van der Waals surface area contributed by atoms with Crippen LogP contribution in [0.2, 0.25) is 0 Å². The lowest BCUT2D eigenvalue weighted by molar-refractivity contribution is -0.368. The van der Waals surface area contributed by atoms with Gasteiger partial charge in [0.1, 0.15) is 0 Å². The smallest absolute Gasteiger partial charge is 0.413 e. The minimum Gasteiger partial charge on any atom is -0.413 e. The van der Waals surface area contributed by atoms with E-state index in [4.69, 9.17) is 0 Å². The summed E-state index contributed by atoms with van der Waals surface area (Å²) in [6.45, 7) is 0. The highest BCUT2D eigenvalue weighted by Crippen LogP contribution is 2.54. The van der Waals surface area contributed by atoms with Gasteiger partial charge >= 0.3 is 36.0 Å². The minimum absolute atomic E-state index is 1.60. The molecule has 0 saturated carbocycles. The molecule has 1 heterocycles. The number of rotatable bonds is 4. The number of nitrogens with zero attached hydrogens (tertiary/aromatic N) is 2. The summed E-state index contributed by atoms with van der Waals surface area (Å²) in [6, 6.07) is 0. The predicted molar refractivity (Wildman–Crippen MR) is 44.1 cm³/mol.